The quantitative estimate of drug-likeness (QED) is 0.633. The Balaban J connectivity index is 1.50. The molecule has 32 heavy (non-hydrogen) atoms. The summed E-state index contributed by atoms with van der Waals surface area (Å²) in [5.41, 5.74) is 6.55. The van der Waals surface area contributed by atoms with Crippen LogP contribution in [0.3, 0.4) is 0 Å². The molecule has 2 atom stereocenters. The van der Waals surface area contributed by atoms with Gasteiger partial charge in [0.25, 0.3) is 0 Å². The van der Waals surface area contributed by atoms with Crippen LogP contribution in [0.15, 0.2) is 48.9 Å². The van der Waals surface area contributed by atoms with E-state index < -0.39 is 30.1 Å². The fourth-order valence-corrected chi connectivity index (χ4v) is 3.99. The number of urea groups is 1. The Hall–Kier alpha value is -3.82. The molecule has 10 heteroatoms. The summed E-state index contributed by atoms with van der Waals surface area (Å²) >= 11 is 0. The van der Waals surface area contributed by atoms with Crippen molar-refractivity contribution < 1.29 is 23.2 Å². The number of halogens is 2. The van der Waals surface area contributed by atoms with Crippen molar-refractivity contribution in [3.05, 3.63) is 60.3 Å². The highest BCUT2D eigenvalue weighted by atomic mass is 19.1. The molecule has 0 bridgehead atoms. The molecule has 2 aromatic heterocycles. The molecule has 1 aliphatic heterocycles. The van der Waals surface area contributed by atoms with Gasteiger partial charge in [-0.3, -0.25) is 14.3 Å². The van der Waals surface area contributed by atoms with Crippen LogP contribution >= 0.6 is 0 Å². The van der Waals surface area contributed by atoms with Gasteiger partial charge in [-0.25, -0.2) is 18.4 Å². The van der Waals surface area contributed by atoms with Gasteiger partial charge in [0.05, 0.1) is 30.0 Å². The molecule has 1 saturated heterocycles. The lowest BCUT2D eigenvalue weighted by Crippen LogP contribution is -2.43. The summed E-state index contributed by atoms with van der Waals surface area (Å²) in [6.45, 7) is -0.236. The zero-order valence-corrected chi connectivity index (χ0v) is 17.0. The number of benzene rings is 1. The van der Waals surface area contributed by atoms with Crippen LogP contribution in [0, 0.1) is 5.82 Å². The molecule has 0 aliphatic carbocycles. The van der Waals surface area contributed by atoms with E-state index in [-0.39, 0.29) is 31.6 Å². The van der Waals surface area contributed by atoms with Gasteiger partial charge in [0, 0.05) is 30.6 Å². The average molecular weight is 441 g/mol. The topological polar surface area (TPSA) is 110 Å². The lowest BCUT2D eigenvalue weighted by atomic mass is 10.0. The van der Waals surface area contributed by atoms with Crippen molar-refractivity contribution in [3.8, 4) is 0 Å². The highest BCUT2D eigenvalue weighted by molar-refractivity contribution is 6.05. The van der Waals surface area contributed by atoms with Crippen molar-refractivity contribution >= 4 is 34.4 Å². The Labute approximate surface area is 182 Å². The maximum absolute atomic E-state index is 14.2. The third-order valence-corrected chi connectivity index (χ3v) is 5.57. The van der Waals surface area contributed by atoms with Crippen molar-refractivity contribution in [2.45, 2.75) is 31.5 Å². The van der Waals surface area contributed by atoms with E-state index in [0.29, 0.717) is 22.2 Å². The number of hydrogen-bond donors (Lipinski definition) is 2. The smallest absolute Gasteiger partial charge is 0.323 e. The van der Waals surface area contributed by atoms with E-state index >= 15 is 0 Å². The molecule has 1 fully saturated rings. The predicted molar refractivity (Wildman–Crippen MR) is 113 cm³/mol. The number of likely N-dealkylation sites (tertiary alicyclic amines) is 1. The second-order valence-electron chi connectivity index (χ2n) is 7.63. The van der Waals surface area contributed by atoms with Gasteiger partial charge in [0.1, 0.15) is 12.0 Å². The van der Waals surface area contributed by atoms with Gasteiger partial charge in [0.15, 0.2) is 5.78 Å². The monoisotopic (exact) mass is 441 g/mol. The van der Waals surface area contributed by atoms with Gasteiger partial charge >= 0.3 is 12.1 Å². The molecule has 8 nitrogen and oxygen atoms in total. The third kappa shape index (κ3) is 4.16. The van der Waals surface area contributed by atoms with Crippen LogP contribution in [-0.2, 0) is 11.2 Å². The number of aromatic nitrogens is 2. The first-order valence-corrected chi connectivity index (χ1v) is 10.1. The van der Waals surface area contributed by atoms with Crippen LogP contribution in [-0.4, -0.2) is 51.1 Å². The van der Waals surface area contributed by atoms with Crippen molar-refractivity contribution in [2.75, 3.05) is 11.9 Å². The van der Waals surface area contributed by atoms with Gasteiger partial charge in [-0.05, 0) is 24.1 Å². The zero-order valence-electron chi connectivity index (χ0n) is 17.0. The minimum atomic E-state index is -1.35. The number of amides is 3. The number of hydrogen-bond acceptors (Lipinski definition) is 4. The fraction of sp³-hybridized carbons (Fsp3) is 0.273. The number of primary amides is 1. The Morgan fingerprint density at radius 1 is 1.22 bits per heavy atom. The number of fused-ring (bicyclic) bond motifs is 1. The summed E-state index contributed by atoms with van der Waals surface area (Å²) in [7, 11) is 0. The van der Waals surface area contributed by atoms with Gasteiger partial charge in [-0.15, -0.1) is 0 Å². The summed E-state index contributed by atoms with van der Waals surface area (Å²) in [5, 5.41) is 3.24. The Kier molecular flexibility index (Phi) is 5.85. The minimum Gasteiger partial charge on any atom is -0.351 e. The molecule has 3 N–H and O–H groups in total. The van der Waals surface area contributed by atoms with E-state index in [2.05, 4.69) is 10.3 Å². The van der Waals surface area contributed by atoms with Crippen molar-refractivity contribution in [1.82, 2.24) is 14.5 Å². The van der Waals surface area contributed by atoms with Crippen LogP contribution in [0.5, 0.6) is 0 Å². The number of rotatable bonds is 5. The Morgan fingerprint density at radius 3 is 2.75 bits per heavy atom. The Bertz CT molecular complexity index is 1200. The standard InChI is InChI=1S/C22H21F2N5O3/c23-14-9-19(20(30)6-5-13-7-8-26-10-16(13)24)29(11-14)22(32)27-17-12-28(21(25)31)18-4-2-1-3-15(17)18/h1-4,7-8,10,12,14,19H,5-6,9,11H2,(H2,25,31)(H,27,32)/t14-,19+/m1/s1. The molecule has 0 spiro atoms. The highest BCUT2D eigenvalue weighted by Crippen LogP contribution is 2.28. The van der Waals surface area contributed by atoms with E-state index in [1.165, 1.54) is 23.0 Å². The summed E-state index contributed by atoms with van der Waals surface area (Å²) < 4.78 is 29.1. The number of nitrogens with one attached hydrogen (secondary N) is 1. The number of nitrogens with two attached hydrogens (primary N) is 1. The maximum Gasteiger partial charge on any atom is 0.323 e. The SMILES string of the molecule is NC(=O)n1cc(NC(=O)N2C[C@H](F)C[C@H]2C(=O)CCc2ccncc2F)c2ccccc21. The number of Topliss-reactive ketones (excluding diaryl/α,β-unsaturated/α-hetero) is 1. The van der Waals surface area contributed by atoms with Crippen molar-refractivity contribution in [3.63, 3.8) is 0 Å². The molecule has 1 aliphatic rings. The number of ketones is 1. The van der Waals surface area contributed by atoms with Crippen LogP contribution in [0.25, 0.3) is 10.9 Å². The highest BCUT2D eigenvalue weighted by Gasteiger charge is 2.39. The van der Waals surface area contributed by atoms with E-state index in [4.69, 9.17) is 5.73 Å². The first-order valence-electron chi connectivity index (χ1n) is 10.1. The van der Waals surface area contributed by atoms with Crippen molar-refractivity contribution in [1.29, 1.82) is 0 Å². The molecule has 1 aromatic carbocycles. The average Bonchev–Trinajstić information content (AvgIpc) is 3.34. The number of carbonyl (C=O) groups excluding carboxylic acids is 3. The molecule has 4 rings (SSSR count). The molecule has 0 unspecified atom stereocenters. The normalized spacial score (nSPS) is 18.1. The largest absolute Gasteiger partial charge is 0.351 e. The summed E-state index contributed by atoms with van der Waals surface area (Å²) in [6.07, 6.45) is 2.50. The number of aryl methyl sites for hydroxylation is 1. The zero-order chi connectivity index (χ0) is 22.8. The molecule has 0 saturated carbocycles. The molecule has 3 heterocycles. The number of anilines is 1. The number of carbonyl (C=O) groups is 3. The van der Waals surface area contributed by atoms with Gasteiger partial charge in [0.2, 0.25) is 0 Å². The lowest BCUT2D eigenvalue weighted by Gasteiger charge is -2.23. The third-order valence-electron chi connectivity index (χ3n) is 5.57. The van der Waals surface area contributed by atoms with Crippen LogP contribution < -0.4 is 11.1 Å². The summed E-state index contributed by atoms with van der Waals surface area (Å²) in [4.78, 5) is 42.2. The van der Waals surface area contributed by atoms with Gasteiger partial charge in [-0.1, -0.05) is 18.2 Å². The van der Waals surface area contributed by atoms with Crippen LogP contribution in [0.1, 0.15) is 18.4 Å². The maximum atomic E-state index is 14.2. The number of pyridine rings is 1. The number of para-hydroxylation sites is 1. The summed E-state index contributed by atoms with van der Waals surface area (Å²) in [6, 6.07) is 5.98. The second-order valence-corrected chi connectivity index (χ2v) is 7.63. The molecule has 0 radical (unpaired) electrons. The van der Waals surface area contributed by atoms with Crippen LogP contribution in [0.2, 0.25) is 0 Å². The lowest BCUT2D eigenvalue weighted by molar-refractivity contribution is -0.122. The fourth-order valence-electron chi connectivity index (χ4n) is 3.99. The predicted octanol–water partition coefficient (Wildman–Crippen LogP) is 3.25. The second kappa shape index (κ2) is 8.74. The minimum absolute atomic E-state index is 0.0386. The molecular weight excluding hydrogens is 420 g/mol. The summed E-state index contributed by atoms with van der Waals surface area (Å²) in [5.74, 6) is -0.869. The Morgan fingerprint density at radius 2 is 2.00 bits per heavy atom. The first kappa shape index (κ1) is 21.4. The van der Waals surface area contributed by atoms with E-state index in [1.54, 1.807) is 24.3 Å². The molecule has 3 aromatic rings. The van der Waals surface area contributed by atoms with Crippen molar-refractivity contribution in [2.24, 2.45) is 5.73 Å². The number of nitrogens with zero attached hydrogens (tertiary/aromatic N) is 3. The number of alkyl halides is 1. The van der Waals surface area contributed by atoms with Crippen LogP contribution in [0.4, 0.5) is 24.1 Å². The van der Waals surface area contributed by atoms with E-state index in [1.807, 2.05) is 0 Å². The van der Waals surface area contributed by atoms with Gasteiger partial charge in [-0.2, -0.15) is 0 Å². The van der Waals surface area contributed by atoms with E-state index in [0.717, 1.165) is 11.1 Å². The van der Waals surface area contributed by atoms with Gasteiger partial charge < -0.3 is 16.0 Å². The first-order chi connectivity index (χ1) is 15.3. The molecule has 3 amide bonds. The molecular formula is C22H21F2N5O3. The molecule has 166 valence electrons. The van der Waals surface area contributed by atoms with E-state index in [9.17, 15) is 23.2 Å².